The first kappa shape index (κ1) is 22.0. The summed E-state index contributed by atoms with van der Waals surface area (Å²) in [4.78, 5) is 27.1. The highest BCUT2D eigenvalue weighted by atomic mass is 16.6. The van der Waals surface area contributed by atoms with Gasteiger partial charge in [0.1, 0.15) is 6.61 Å². The predicted molar refractivity (Wildman–Crippen MR) is 105 cm³/mol. The largest absolute Gasteiger partial charge is 0.445 e. The van der Waals surface area contributed by atoms with E-state index in [4.69, 9.17) is 14.6 Å². The number of piperidine rings is 1. The molecule has 8 nitrogen and oxygen atoms in total. The lowest BCUT2D eigenvalue weighted by molar-refractivity contribution is 0.0469. The molecule has 0 aromatic heterocycles. The zero-order chi connectivity index (χ0) is 20.2. The van der Waals surface area contributed by atoms with Gasteiger partial charge in [-0.05, 0) is 18.4 Å². The fraction of sp³-hybridized carbons (Fsp3) is 0.600. The molecule has 0 radical (unpaired) electrons. The molecule has 2 N–H and O–H groups in total. The lowest BCUT2D eigenvalue weighted by Gasteiger charge is -2.31. The Kier molecular flexibility index (Phi) is 9.57. The van der Waals surface area contributed by atoms with Crippen LogP contribution in [0.5, 0.6) is 0 Å². The summed E-state index contributed by atoms with van der Waals surface area (Å²) in [6.07, 6.45) is 1.65. The van der Waals surface area contributed by atoms with Crippen LogP contribution in [-0.4, -0.2) is 80.1 Å². The summed E-state index contributed by atoms with van der Waals surface area (Å²) in [5.74, 6) is 0.269. The van der Waals surface area contributed by atoms with E-state index in [1.54, 1.807) is 11.9 Å². The number of aliphatic hydroxyl groups excluding tert-OH is 1. The van der Waals surface area contributed by atoms with Crippen molar-refractivity contribution >= 4 is 12.1 Å². The maximum absolute atomic E-state index is 12.3. The first-order valence-electron chi connectivity index (χ1n) is 9.73. The van der Waals surface area contributed by atoms with Gasteiger partial charge in [-0.25, -0.2) is 9.59 Å². The number of likely N-dealkylation sites (N-methyl/N-ethyl adjacent to an activating group) is 1. The number of nitrogens with one attached hydrogen (secondary N) is 1. The summed E-state index contributed by atoms with van der Waals surface area (Å²) in [7, 11) is 1.62. The Morgan fingerprint density at radius 3 is 2.86 bits per heavy atom. The normalized spacial score (nSPS) is 16.5. The minimum Gasteiger partial charge on any atom is -0.445 e. The van der Waals surface area contributed by atoms with Crippen LogP contribution in [0.1, 0.15) is 18.4 Å². The number of benzene rings is 1. The van der Waals surface area contributed by atoms with Crippen LogP contribution in [0.25, 0.3) is 0 Å². The number of hydrogen-bond donors (Lipinski definition) is 2. The van der Waals surface area contributed by atoms with E-state index < -0.39 is 0 Å². The van der Waals surface area contributed by atoms with Crippen LogP contribution in [-0.2, 0) is 16.1 Å². The molecule has 1 aromatic rings. The van der Waals surface area contributed by atoms with Crippen LogP contribution in [0, 0.1) is 5.92 Å². The van der Waals surface area contributed by atoms with Gasteiger partial charge in [0, 0.05) is 39.1 Å². The highest BCUT2D eigenvalue weighted by molar-refractivity contribution is 5.73. The predicted octanol–water partition coefficient (Wildman–Crippen LogP) is 1.69. The molecular weight excluding hydrogens is 362 g/mol. The van der Waals surface area contributed by atoms with Crippen LogP contribution in [0.3, 0.4) is 0 Å². The molecule has 0 saturated carbocycles. The van der Waals surface area contributed by atoms with Crippen LogP contribution in [0.2, 0.25) is 0 Å². The van der Waals surface area contributed by atoms with Gasteiger partial charge in [0.25, 0.3) is 0 Å². The average Bonchev–Trinajstić information content (AvgIpc) is 2.72. The third-order valence-corrected chi connectivity index (χ3v) is 4.64. The van der Waals surface area contributed by atoms with Crippen molar-refractivity contribution in [3.8, 4) is 0 Å². The standard InChI is InChI=1S/C20H31N3O5/c1-22(11-12-24)19(25)21-9-13-27-15-18-8-5-10-23(14-18)20(26)28-16-17-6-3-2-4-7-17/h2-4,6-7,18,24H,5,8-16H2,1H3,(H,21,25). The Morgan fingerprint density at radius 2 is 2.11 bits per heavy atom. The molecule has 1 unspecified atom stereocenters. The molecule has 1 fully saturated rings. The van der Waals surface area contributed by atoms with Crippen molar-refractivity contribution in [1.82, 2.24) is 15.1 Å². The lowest BCUT2D eigenvalue weighted by atomic mass is 9.99. The van der Waals surface area contributed by atoms with Gasteiger partial charge in [0.2, 0.25) is 0 Å². The molecule has 0 aliphatic carbocycles. The SMILES string of the molecule is CN(CCO)C(=O)NCCOCC1CCCN(C(=O)OCc2ccccc2)C1. The molecule has 8 heteroatoms. The zero-order valence-electron chi connectivity index (χ0n) is 16.5. The van der Waals surface area contributed by atoms with E-state index in [1.165, 1.54) is 4.90 Å². The van der Waals surface area contributed by atoms with Gasteiger partial charge in [0.15, 0.2) is 0 Å². The quantitative estimate of drug-likeness (QED) is 0.623. The maximum atomic E-state index is 12.3. The van der Waals surface area contributed by atoms with Crippen molar-refractivity contribution in [3.63, 3.8) is 0 Å². The number of amides is 3. The highest BCUT2D eigenvalue weighted by Crippen LogP contribution is 2.18. The molecule has 28 heavy (non-hydrogen) atoms. The molecule has 3 amide bonds. The molecule has 156 valence electrons. The molecule has 1 heterocycles. The Morgan fingerprint density at radius 1 is 1.32 bits per heavy atom. The van der Waals surface area contributed by atoms with Crippen molar-refractivity contribution in [2.45, 2.75) is 19.4 Å². The molecule has 1 saturated heterocycles. The number of likely N-dealkylation sites (tertiary alicyclic amines) is 1. The summed E-state index contributed by atoms with van der Waals surface area (Å²) in [5, 5.41) is 11.5. The first-order valence-corrected chi connectivity index (χ1v) is 9.73. The molecule has 1 aliphatic heterocycles. The Balaban J connectivity index is 1.60. The number of carbonyl (C=O) groups is 2. The fourth-order valence-corrected chi connectivity index (χ4v) is 3.04. The van der Waals surface area contributed by atoms with Crippen LogP contribution < -0.4 is 5.32 Å². The van der Waals surface area contributed by atoms with Crippen molar-refractivity contribution < 1.29 is 24.2 Å². The van der Waals surface area contributed by atoms with Gasteiger partial charge in [-0.15, -0.1) is 0 Å². The minimum atomic E-state index is -0.285. The monoisotopic (exact) mass is 393 g/mol. The second-order valence-corrected chi connectivity index (χ2v) is 6.95. The van der Waals surface area contributed by atoms with E-state index in [2.05, 4.69) is 5.32 Å². The van der Waals surface area contributed by atoms with E-state index in [0.717, 1.165) is 18.4 Å². The zero-order valence-corrected chi connectivity index (χ0v) is 16.5. The van der Waals surface area contributed by atoms with Gasteiger partial charge in [-0.1, -0.05) is 30.3 Å². The van der Waals surface area contributed by atoms with E-state index in [9.17, 15) is 9.59 Å². The Hall–Kier alpha value is -2.32. The van der Waals surface area contributed by atoms with E-state index >= 15 is 0 Å². The number of aliphatic hydroxyl groups is 1. The summed E-state index contributed by atoms with van der Waals surface area (Å²) in [5.41, 5.74) is 0.972. The van der Waals surface area contributed by atoms with Crippen LogP contribution >= 0.6 is 0 Å². The topological polar surface area (TPSA) is 91.3 Å². The molecular formula is C20H31N3O5. The number of ether oxygens (including phenoxy) is 2. The molecule has 1 atom stereocenters. The Labute approximate surface area is 166 Å². The maximum Gasteiger partial charge on any atom is 0.410 e. The van der Waals surface area contributed by atoms with E-state index in [1.807, 2.05) is 30.3 Å². The van der Waals surface area contributed by atoms with Crippen LogP contribution in [0.4, 0.5) is 9.59 Å². The third-order valence-electron chi connectivity index (χ3n) is 4.64. The lowest BCUT2D eigenvalue weighted by Crippen LogP contribution is -2.42. The second kappa shape index (κ2) is 12.2. The van der Waals surface area contributed by atoms with E-state index in [0.29, 0.717) is 39.4 Å². The van der Waals surface area contributed by atoms with Crippen LogP contribution in [0.15, 0.2) is 30.3 Å². The van der Waals surface area contributed by atoms with Crippen molar-refractivity contribution in [2.24, 2.45) is 5.92 Å². The molecule has 1 aromatic carbocycles. The number of rotatable bonds is 9. The molecule has 0 spiro atoms. The minimum absolute atomic E-state index is 0.0631. The second-order valence-electron chi connectivity index (χ2n) is 6.95. The van der Waals surface area contributed by atoms with Gasteiger partial charge in [-0.3, -0.25) is 0 Å². The van der Waals surface area contributed by atoms with Crippen molar-refractivity contribution in [1.29, 1.82) is 0 Å². The smallest absolute Gasteiger partial charge is 0.410 e. The van der Waals surface area contributed by atoms with Crippen molar-refractivity contribution in [2.75, 3.05) is 53.0 Å². The third kappa shape index (κ3) is 7.74. The van der Waals surface area contributed by atoms with Gasteiger partial charge < -0.3 is 29.7 Å². The average molecular weight is 393 g/mol. The number of hydrogen-bond acceptors (Lipinski definition) is 5. The van der Waals surface area contributed by atoms with Gasteiger partial charge in [0.05, 0.1) is 19.8 Å². The Bertz CT molecular complexity index is 599. The molecule has 2 rings (SSSR count). The highest BCUT2D eigenvalue weighted by Gasteiger charge is 2.24. The summed E-state index contributed by atoms with van der Waals surface area (Å²) < 4.78 is 11.1. The summed E-state index contributed by atoms with van der Waals surface area (Å²) >= 11 is 0. The molecule has 0 bridgehead atoms. The number of nitrogens with zero attached hydrogens (tertiary/aromatic N) is 2. The summed E-state index contributed by atoms with van der Waals surface area (Å²) in [6, 6.07) is 9.40. The van der Waals surface area contributed by atoms with E-state index in [-0.39, 0.29) is 31.3 Å². The number of urea groups is 1. The van der Waals surface area contributed by atoms with Gasteiger partial charge in [-0.2, -0.15) is 0 Å². The first-order chi connectivity index (χ1) is 13.6. The fourth-order valence-electron chi connectivity index (χ4n) is 3.04. The number of carbonyl (C=O) groups excluding carboxylic acids is 2. The van der Waals surface area contributed by atoms with Crippen molar-refractivity contribution in [3.05, 3.63) is 35.9 Å². The van der Waals surface area contributed by atoms with Gasteiger partial charge >= 0.3 is 12.1 Å². The molecule has 1 aliphatic rings. The summed E-state index contributed by atoms with van der Waals surface area (Å²) in [6.45, 7) is 3.21.